The lowest BCUT2D eigenvalue weighted by Crippen LogP contribution is -1.84. The molecule has 3 aromatic rings. The maximum absolute atomic E-state index is 8.92. The molecule has 18 heavy (non-hydrogen) atoms. The third kappa shape index (κ3) is 2.15. The summed E-state index contributed by atoms with van der Waals surface area (Å²) in [4.78, 5) is 5.54. The Kier molecular flexibility index (Phi) is 3.09. The number of aliphatic hydroxyl groups is 1. The zero-order chi connectivity index (χ0) is 12.4. The van der Waals surface area contributed by atoms with Crippen LogP contribution in [0.15, 0.2) is 48.7 Å². The van der Waals surface area contributed by atoms with Crippen molar-refractivity contribution in [2.45, 2.75) is 6.42 Å². The lowest BCUT2D eigenvalue weighted by Gasteiger charge is -2.00. The largest absolute Gasteiger partial charge is 0.396 e. The molecule has 0 unspecified atom stereocenters. The predicted octanol–water partition coefficient (Wildman–Crippen LogP) is 3.50. The van der Waals surface area contributed by atoms with Gasteiger partial charge in [0.1, 0.15) is 5.01 Å². The second-order valence-electron chi connectivity index (χ2n) is 4.17. The minimum atomic E-state index is 0.180. The number of aromatic nitrogens is 1. The third-order valence-corrected chi connectivity index (χ3v) is 4.01. The van der Waals surface area contributed by atoms with E-state index < -0.39 is 0 Å². The highest BCUT2D eigenvalue weighted by Crippen LogP contribution is 2.28. The Balaban J connectivity index is 2.02. The van der Waals surface area contributed by atoms with Crippen molar-refractivity contribution in [2.24, 2.45) is 0 Å². The second kappa shape index (κ2) is 4.88. The highest BCUT2D eigenvalue weighted by Gasteiger charge is 2.05. The highest BCUT2D eigenvalue weighted by molar-refractivity contribution is 7.15. The number of hydrogen-bond donors (Lipinski definition) is 1. The van der Waals surface area contributed by atoms with Gasteiger partial charge in [-0.15, -0.1) is 11.3 Å². The van der Waals surface area contributed by atoms with Crippen LogP contribution in [0.5, 0.6) is 0 Å². The van der Waals surface area contributed by atoms with Gasteiger partial charge in [-0.1, -0.05) is 36.4 Å². The summed E-state index contributed by atoms with van der Waals surface area (Å²) in [7, 11) is 0. The zero-order valence-corrected chi connectivity index (χ0v) is 10.7. The van der Waals surface area contributed by atoms with Gasteiger partial charge < -0.3 is 5.11 Å². The lowest BCUT2D eigenvalue weighted by molar-refractivity contribution is 0.300. The summed E-state index contributed by atoms with van der Waals surface area (Å²) in [6, 6.07) is 14.7. The van der Waals surface area contributed by atoms with E-state index in [0.717, 1.165) is 15.4 Å². The van der Waals surface area contributed by atoms with Crippen molar-refractivity contribution in [3.05, 3.63) is 53.5 Å². The van der Waals surface area contributed by atoms with Crippen LogP contribution in [-0.4, -0.2) is 16.7 Å². The number of aliphatic hydroxyl groups excluding tert-OH is 1. The fraction of sp³-hybridized carbons (Fsp3) is 0.133. The van der Waals surface area contributed by atoms with Crippen molar-refractivity contribution in [3.63, 3.8) is 0 Å². The molecule has 1 aromatic heterocycles. The lowest BCUT2D eigenvalue weighted by atomic mass is 10.1. The molecular formula is C15H13NOS. The Morgan fingerprint density at radius 1 is 1.06 bits per heavy atom. The molecule has 90 valence electrons. The normalized spacial score (nSPS) is 10.9. The number of benzene rings is 2. The molecule has 0 saturated heterocycles. The molecular weight excluding hydrogens is 242 g/mol. The van der Waals surface area contributed by atoms with Crippen molar-refractivity contribution in [1.29, 1.82) is 0 Å². The Morgan fingerprint density at radius 2 is 1.89 bits per heavy atom. The van der Waals surface area contributed by atoms with Gasteiger partial charge in [0, 0.05) is 29.7 Å². The third-order valence-electron chi connectivity index (χ3n) is 2.91. The quantitative estimate of drug-likeness (QED) is 0.777. The molecule has 3 heteroatoms. The van der Waals surface area contributed by atoms with E-state index in [1.54, 1.807) is 11.3 Å². The van der Waals surface area contributed by atoms with Crippen molar-refractivity contribution in [2.75, 3.05) is 6.61 Å². The summed E-state index contributed by atoms with van der Waals surface area (Å²) >= 11 is 1.65. The second-order valence-corrected chi connectivity index (χ2v) is 5.28. The molecule has 0 atom stereocenters. The average Bonchev–Trinajstić information content (AvgIpc) is 2.87. The van der Waals surface area contributed by atoms with E-state index in [1.165, 1.54) is 10.8 Å². The van der Waals surface area contributed by atoms with Crippen molar-refractivity contribution in [1.82, 2.24) is 4.98 Å². The first-order valence-corrected chi connectivity index (χ1v) is 6.73. The van der Waals surface area contributed by atoms with Crippen LogP contribution in [0.2, 0.25) is 0 Å². The van der Waals surface area contributed by atoms with E-state index in [9.17, 15) is 0 Å². The maximum Gasteiger partial charge on any atom is 0.123 e. The highest BCUT2D eigenvalue weighted by atomic mass is 32.1. The summed E-state index contributed by atoms with van der Waals surface area (Å²) in [6.07, 6.45) is 2.54. The topological polar surface area (TPSA) is 33.1 Å². The van der Waals surface area contributed by atoms with E-state index in [1.807, 2.05) is 18.3 Å². The molecule has 0 aliphatic heterocycles. The molecule has 0 aliphatic carbocycles. The van der Waals surface area contributed by atoms with E-state index in [2.05, 4.69) is 35.3 Å². The van der Waals surface area contributed by atoms with Crippen LogP contribution < -0.4 is 0 Å². The van der Waals surface area contributed by atoms with E-state index >= 15 is 0 Å². The molecule has 0 saturated carbocycles. The van der Waals surface area contributed by atoms with Crippen LogP contribution in [0.3, 0.4) is 0 Å². The van der Waals surface area contributed by atoms with Gasteiger partial charge in [0.25, 0.3) is 0 Å². The fourth-order valence-corrected chi connectivity index (χ4v) is 2.89. The van der Waals surface area contributed by atoms with Crippen molar-refractivity contribution >= 4 is 22.1 Å². The van der Waals surface area contributed by atoms with Crippen LogP contribution in [0, 0.1) is 0 Å². The number of rotatable bonds is 3. The Morgan fingerprint density at radius 3 is 2.72 bits per heavy atom. The van der Waals surface area contributed by atoms with E-state index in [0.29, 0.717) is 6.42 Å². The number of fused-ring (bicyclic) bond motifs is 1. The molecule has 0 spiro atoms. The van der Waals surface area contributed by atoms with E-state index in [-0.39, 0.29) is 6.61 Å². The number of thiazole rings is 1. The first-order chi connectivity index (χ1) is 8.86. The summed E-state index contributed by atoms with van der Waals surface area (Å²) in [5.41, 5.74) is 1.14. The summed E-state index contributed by atoms with van der Waals surface area (Å²) in [5, 5.41) is 12.4. The fourth-order valence-electron chi connectivity index (χ4n) is 1.99. The summed E-state index contributed by atoms with van der Waals surface area (Å²) < 4.78 is 0. The molecule has 1 heterocycles. The van der Waals surface area contributed by atoms with Crippen molar-refractivity contribution in [3.8, 4) is 10.6 Å². The van der Waals surface area contributed by atoms with Gasteiger partial charge in [0.15, 0.2) is 0 Å². The van der Waals surface area contributed by atoms with Gasteiger partial charge in [0.2, 0.25) is 0 Å². The van der Waals surface area contributed by atoms with Gasteiger partial charge >= 0.3 is 0 Å². The zero-order valence-electron chi connectivity index (χ0n) is 9.84. The predicted molar refractivity (Wildman–Crippen MR) is 75.8 cm³/mol. The Hall–Kier alpha value is -1.71. The first-order valence-electron chi connectivity index (χ1n) is 5.91. The van der Waals surface area contributed by atoms with Crippen molar-refractivity contribution < 1.29 is 5.11 Å². The molecule has 0 bridgehead atoms. The average molecular weight is 255 g/mol. The molecule has 0 amide bonds. The molecule has 2 aromatic carbocycles. The van der Waals surface area contributed by atoms with Gasteiger partial charge in [-0.3, -0.25) is 0 Å². The molecule has 3 rings (SSSR count). The van der Waals surface area contributed by atoms with Crippen LogP contribution >= 0.6 is 11.3 Å². The van der Waals surface area contributed by atoms with Crippen LogP contribution in [0.25, 0.3) is 21.3 Å². The standard InChI is InChI=1S/C15H13NOS/c17-8-7-14-10-16-15(18-14)13-6-5-11-3-1-2-4-12(11)9-13/h1-6,9-10,17H,7-8H2. The van der Waals surface area contributed by atoms with Gasteiger partial charge in [-0.05, 0) is 16.8 Å². The summed E-state index contributed by atoms with van der Waals surface area (Å²) in [6.45, 7) is 0.180. The Labute approximate surface area is 110 Å². The van der Waals surface area contributed by atoms with Gasteiger partial charge in [-0.25, -0.2) is 4.98 Å². The van der Waals surface area contributed by atoms with Crippen LogP contribution in [0.1, 0.15) is 4.88 Å². The van der Waals surface area contributed by atoms with Crippen LogP contribution in [0.4, 0.5) is 0 Å². The molecule has 0 aliphatic rings. The first kappa shape index (κ1) is 11.4. The van der Waals surface area contributed by atoms with Crippen LogP contribution in [-0.2, 0) is 6.42 Å². The molecule has 0 fully saturated rings. The number of hydrogen-bond acceptors (Lipinski definition) is 3. The molecule has 1 N–H and O–H groups in total. The molecule has 2 nitrogen and oxygen atoms in total. The smallest absolute Gasteiger partial charge is 0.123 e. The number of nitrogens with zero attached hydrogens (tertiary/aromatic N) is 1. The summed E-state index contributed by atoms with van der Waals surface area (Å²) in [5.74, 6) is 0. The monoisotopic (exact) mass is 255 g/mol. The van der Waals surface area contributed by atoms with E-state index in [4.69, 9.17) is 5.11 Å². The Bertz CT molecular complexity index is 675. The SMILES string of the molecule is OCCc1cnc(-c2ccc3ccccc3c2)s1. The minimum absolute atomic E-state index is 0.180. The minimum Gasteiger partial charge on any atom is -0.396 e. The van der Waals surface area contributed by atoms with Gasteiger partial charge in [-0.2, -0.15) is 0 Å². The van der Waals surface area contributed by atoms with Gasteiger partial charge in [0.05, 0.1) is 0 Å². The molecule has 0 radical (unpaired) electrons. The maximum atomic E-state index is 8.92.